The van der Waals surface area contributed by atoms with Crippen LogP contribution in [0.1, 0.15) is 12.0 Å². The lowest BCUT2D eigenvalue weighted by Gasteiger charge is -2.07. The van der Waals surface area contributed by atoms with Gasteiger partial charge in [-0.3, -0.25) is 25.0 Å². The van der Waals surface area contributed by atoms with Crippen LogP contribution in [0, 0.1) is 26.1 Å². The number of hydrogen-bond donors (Lipinski definition) is 1. The molecule has 2 rings (SSSR count). The van der Waals surface area contributed by atoms with Crippen molar-refractivity contribution in [3.05, 3.63) is 44.0 Å². The Morgan fingerprint density at radius 2 is 2.00 bits per heavy atom. The second-order valence-corrected chi connectivity index (χ2v) is 4.31. The van der Waals surface area contributed by atoms with E-state index >= 15 is 0 Å². The van der Waals surface area contributed by atoms with E-state index in [9.17, 15) is 25.0 Å². The van der Waals surface area contributed by atoms with Crippen LogP contribution in [0.4, 0.5) is 11.4 Å². The largest absolute Gasteiger partial charge is 0.356 e. The number of nitro benzene ring substituents is 2. The third-order valence-electron chi connectivity index (χ3n) is 3.11. The van der Waals surface area contributed by atoms with Crippen molar-refractivity contribution >= 4 is 17.3 Å². The van der Waals surface area contributed by atoms with Gasteiger partial charge in [-0.05, 0) is 18.9 Å². The molecule has 1 atom stereocenters. The Morgan fingerprint density at radius 3 is 2.53 bits per heavy atom. The fourth-order valence-corrected chi connectivity index (χ4v) is 2.11. The van der Waals surface area contributed by atoms with Gasteiger partial charge in [0.1, 0.15) is 0 Å². The lowest BCUT2D eigenvalue weighted by molar-refractivity contribution is -0.394. The molecule has 1 aromatic carbocycles. The smallest absolute Gasteiger partial charge is 0.279 e. The molecule has 1 amide bonds. The van der Waals surface area contributed by atoms with Crippen LogP contribution in [0.15, 0.2) is 18.2 Å². The number of carbonyl (C=O) groups excluding carboxylic acids is 1. The predicted molar refractivity (Wildman–Crippen MR) is 64.6 cm³/mol. The van der Waals surface area contributed by atoms with Crippen LogP contribution in [0.5, 0.6) is 0 Å². The van der Waals surface area contributed by atoms with Crippen LogP contribution >= 0.6 is 0 Å². The van der Waals surface area contributed by atoms with Crippen LogP contribution in [-0.4, -0.2) is 22.3 Å². The van der Waals surface area contributed by atoms with Gasteiger partial charge in [0.05, 0.1) is 15.9 Å². The number of hydrogen-bond acceptors (Lipinski definition) is 5. The summed E-state index contributed by atoms with van der Waals surface area (Å²) in [7, 11) is 0. The molecule has 0 radical (unpaired) electrons. The van der Waals surface area contributed by atoms with Gasteiger partial charge in [0, 0.05) is 24.1 Å². The van der Waals surface area contributed by atoms with Crippen molar-refractivity contribution < 1.29 is 14.6 Å². The Bertz CT molecular complexity index is 557. The second-order valence-electron chi connectivity index (χ2n) is 4.31. The summed E-state index contributed by atoms with van der Waals surface area (Å²) in [6.45, 7) is 0.560. The lowest BCUT2D eigenvalue weighted by atomic mass is 9.96. The highest BCUT2D eigenvalue weighted by Crippen LogP contribution is 2.28. The molecule has 19 heavy (non-hydrogen) atoms. The summed E-state index contributed by atoms with van der Waals surface area (Å²) in [5, 5.41) is 24.2. The van der Waals surface area contributed by atoms with E-state index in [1.54, 1.807) is 0 Å². The number of carbonyl (C=O) groups is 1. The lowest BCUT2D eigenvalue weighted by Crippen LogP contribution is -2.20. The summed E-state index contributed by atoms with van der Waals surface area (Å²) < 4.78 is 0. The Kier molecular flexibility index (Phi) is 3.41. The Balaban J connectivity index is 2.31. The molecule has 1 heterocycles. The molecule has 1 N–H and O–H groups in total. The maximum absolute atomic E-state index is 11.4. The number of nitrogens with one attached hydrogen (secondary N) is 1. The number of nitro groups is 2. The van der Waals surface area contributed by atoms with E-state index in [2.05, 4.69) is 5.32 Å². The third kappa shape index (κ3) is 2.67. The minimum absolute atomic E-state index is 0.132. The standard InChI is InChI=1S/C11H11N3O5/c15-11-8(3-4-12-11)5-7-1-2-9(13(16)17)6-10(7)14(18)19/h1-2,6,8H,3-5H2,(H,12,15). The molecule has 0 saturated carbocycles. The van der Waals surface area contributed by atoms with E-state index in [1.807, 2.05) is 0 Å². The van der Waals surface area contributed by atoms with Gasteiger partial charge in [-0.25, -0.2) is 0 Å². The quantitative estimate of drug-likeness (QED) is 0.648. The Labute approximate surface area is 107 Å². The van der Waals surface area contributed by atoms with Gasteiger partial charge in [0.25, 0.3) is 11.4 Å². The molecule has 1 aliphatic heterocycles. The van der Waals surface area contributed by atoms with E-state index in [4.69, 9.17) is 0 Å². The molecule has 0 bridgehead atoms. The summed E-state index contributed by atoms with van der Waals surface area (Å²) in [4.78, 5) is 31.6. The first-order chi connectivity index (χ1) is 8.99. The van der Waals surface area contributed by atoms with Crippen molar-refractivity contribution in [2.75, 3.05) is 6.54 Å². The molecule has 1 aromatic rings. The molecule has 0 aromatic heterocycles. The normalized spacial score (nSPS) is 18.1. The molecule has 0 spiro atoms. The van der Waals surface area contributed by atoms with E-state index in [-0.39, 0.29) is 29.6 Å². The molecule has 0 aliphatic carbocycles. The molecular weight excluding hydrogens is 254 g/mol. The van der Waals surface area contributed by atoms with Gasteiger partial charge in [0.2, 0.25) is 5.91 Å². The molecule has 1 saturated heterocycles. The highest BCUT2D eigenvalue weighted by molar-refractivity contribution is 5.81. The number of amides is 1. The zero-order valence-electron chi connectivity index (χ0n) is 9.87. The van der Waals surface area contributed by atoms with Crippen molar-refractivity contribution in [3.63, 3.8) is 0 Å². The van der Waals surface area contributed by atoms with Crippen molar-refractivity contribution in [1.29, 1.82) is 0 Å². The van der Waals surface area contributed by atoms with Gasteiger partial charge in [0.15, 0.2) is 0 Å². The predicted octanol–water partition coefficient (Wildman–Crippen LogP) is 1.18. The first kappa shape index (κ1) is 12.9. The van der Waals surface area contributed by atoms with Gasteiger partial charge in [-0.1, -0.05) is 0 Å². The fraction of sp³-hybridized carbons (Fsp3) is 0.364. The SMILES string of the molecule is O=C1NCCC1Cc1ccc([N+](=O)[O-])cc1[N+](=O)[O-]. The summed E-state index contributed by atoms with van der Waals surface area (Å²) in [6.07, 6.45) is 0.840. The molecular formula is C11H11N3O5. The summed E-state index contributed by atoms with van der Waals surface area (Å²) in [5.74, 6) is -0.437. The Hall–Kier alpha value is -2.51. The number of nitrogens with zero attached hydrogens (tertiary/aromatic N) is 2. The van der Waals surface area contributed by atoms with E-state index in [0.29, 0.717) is 18.5 Å². The van der Waals surface area contributed by atoms with E-state index in [1.165, 1.54) is 12.1 Å². The maximum atomic E-state index is 11.4. The van der Waals surface area contributed by atoms with Crippen molar-refractivity contribution in [2.45, 2.75) is 12.8 Å². The molecule has 100 valence electrons. The highest BCUT2D eigenvalue weighted by atomic mass is 16.6. The maximum Gasteiger partial charge on any atom is 0.279 e. The minimum atomic E-state index is -0.681. The second kappa shape index (κ2) is 5.01. The monoisotopic (exact) mass is 265 g/mol. The van der Waals surface area contributed by atoms with Gasteiger partial charge in [-0.15, -0.1) is 0 Å². The van der Waals surface area contributed by atoms with Crippen LogP contribution < -0.4 is 5.32 Å². The zero-order valence-corrected chi connectivity index (χ0v) is 9.87. The van der Waals surface area contributed by atoms with Crippen molar-refractivity contribution in [1.82, 2.24) is 5.32 Å². The van der Waals surface area contributed by atoms with Crippen LogP contribution in [0.25, 0.3) is 0 Å². The average Bonchev–Trinajstić information content (AvgIpc) is 2.75. The molecule has 8 nitrogen and oxygen atoms in total. The first-order valence-electron chi connectivity index (χ1n) is 5.68. The van der Waals surface area contributed by atoms with Crippen LogP contribution in [-0.2, 0) is 11.2 Å². The van der Waals surface area contributed by atoms with Crippen molar-refractivity contribution in [3.8, 4) is 0 Å². The zero-order chi connectivity index (χ0) is 14.0. The first-order valence-corrected chi connectivity index (χ1v) is 5.68. The van der Waals surface area contributed by atoms with Gasteiger partial charge < -0.3 is 5.32 Å². The molecule has 1 aliphatic rings. The summed E-state index contributed by atoms with van der Waals surface area (Å²) >= 11 is 0. The molecule has 1 fully saturated rings. The topological polar surface area (TPSA) is 115 Å². The average molecular weight is 265 g/mol. The van der Waals surface area contributed by atoms with Crippen LogP contribution in [0.2, 0.25) is 0 Å². The summed E-state index contributed by atoms with van der Waals surface area (Å²) in [5.41, 5.74) is -0.294. The number of benzene rings is 1. The van der Waals surface area contributed by atoms with Gasteiger partial charge in [-0.2, -0.15) is 0 Å². The van der Waals surface area contributed by atoms with E-state index in [0.717, 1.165) is 6.07 Å². The third-order valence-corrected chi connectivity index (χ3v) is 3.11. The number of non-ortho nitro benzene ring substituents is 1. The van der Waals surface area contributed by atoms with Crippen molar-refractivity contribution in [2.24, 2.45) is 5.92 Å². The van der Waals surface area contributed by atoms with Gasteiger partial charge >= 0.3 is 0 Å². The summed E-state index contributed by atoms with van der Waals surface area (Å²) in [6, 6.07) is 3.50. The molecule has 1 unspecified atom stereocenters. The molecule has 8 heteroatoms. The highest BCUT2D eigenvalue weighted by Gasteiger charge is 2.28. The van der Waals surface area contributed by atoms with E-state index < -0.39 is 9.85 Å². The Morgan fingerprint density at radius 1 is 1.26 bits per heavy atom. The number of rotatable bonds is 4. The minimum Gasteiger partial charge on any atom is -0.356 e. The fourth-order valence-electron chi connectivity index (χ4n) is 2.11. The van der Waals surface area contributed by atoms with Crippen LogP contribution in [0.3, 0.4) is 0 Å².